The summed E-state index contributed by atoms with van der Waals surface area (Å²) in [7, 11) is 0. The average Bonchev–Trinajstić information content (AvgIpc) is 2.88. The summed E-state index contributed by atoms with van der Waals surface area (Å²) in [6.07, 6.45) is 7.28. The highest BCUT2D eigenvalue weighted by molar-refractivity contribution is 6.30. The molecule has 5 nitrogen and oxygen atoms in total. The second kappa shape index (κ2) is 12.1. The van der Waals surface area contributed by atoms with Crippen LogP contribution in [0.1, 0.15) is 84.8 Å². The van der Waals surface area contributed by atoms with Crippen molar-refractivity contribution in [1.29, 1.82) is 0 Å². The zero-order valence-corrected chi connectivity index (χ0v) is 21.2. The Labute approximate surface area is 217 Å². The van der Waals surface area contributed by atoms with Crippen molar-refractivity contribution >= 4 is 23.4 Å². The van der Waals surface area contributed by atoms with Gasteiger partial charge in [0.15, 0.2) is 5.78 Å². The fourth-order valence-electron chi connectivity index (χ4n) is 4.54. The number of hydrogen-bond donors (Lipinski definition) is 1. The third-order valence-corrected chi connectivity index (χ3v) is 6.77. The van der Waals surface area contributed by atoms with Gasteiger partial charge in [-0.05, 0) is 60.5 Å². The maximum Gasteiger partial charge on any atom is 0.312 e. The van der Waals surface area contributed by atoms with Crippen LogP contribution in [-0.4, -0.2) is 23.5 Å². The van der Waals surface area contributed by atoms with Crippen LogP contribution in [0.3, 0.4) is 0 Å². The van der Waals surface area contributed by atoms with Gasteiger partial charge in [-0.15, -0.1) is 0 Å². The predicted octanol–water partition coefficient (Wildman–Crippen LogP) is 7.46. The molecule has 3 aromatic rings. The summed E-state index contributed by atoms with van der Waals surface area (Å²) < 4.78 is 11.3. The number of benzene rings is 3. The van der Waals surface area contributed by atoms with Gasteiger partial charge in [0.2, 0.25) is 0 Å². The van der Waals surface area contributed by atoms with Crippen molar-refractivity contribution in [1.82, 2.24) is 0 Å². The molecule has 0 spiro atoms. The lowest BCUT2D eigenvalue weighted by Crippen LogP contribution is -2.22. The molecule has 0 unspecified atom stereocenters. The third kappa shape index (κ3) is 6.08. The van der Waals surface area contributed by atoms with Crippen molar-refractivity contribution in [3.8, 4) is 17.2 Å². The molecule has 1 aliphatic heterocycles. The van der Waals surface area contributed by atoms with Crippen molar-refractivity contribution < 1.29 is 24.2 Å². The topological polar surface area (TPSA) is 72.8 Å². The zero-order chi connectivity index (χ0) is 25.5. The molecular weight excluding hydrogens is 476 g/mol. The molecular formula is C30H31ClO5. The molecule has 0 aliphatic carbocycles. The lowest BCUT2D eigenvalue weighted by atomic mass is 9.84. The number of fused-ring (bicyclic) bond motifs is 1. The molecule has 1 heterocycles. The van der Waals surface area contributed by atoms with Gasteiger partial charge in [0.25, 0.3) is 0 Å². The molecule has 6 heteroatoms. The number of ether oxygens (including phenoxy) is 2. The van der Waals surface area contributed by atoms with Crippen molar-refractivity contribution in [3.63, 3.8) is 0 Å². The summed E-state index contributed by atoms with van der Waals surface area (Å²) in [4.78, 5) is 25.4. The summed E-state index contributed by atoms with van der Waals surface area (Å²) in [6, 6.07) is 17.1. The number of hydrogen-bond acceptors (Lipinski definition) is 5. The molecule has 0 saturated carbocycles. The Morgan fingerprint density at radius 1 is 0.972 bits per heavy atom. The predicted molar refractivity (Wildman–Crippen MR) is 140 cm³/mol. The third-order valence-electron chi connectivity index (χ3n) is 6.52. The first kappa shape index (κ1) is 25.8. The van der Waals surface area contributed by atoms with Crippen LogP contribution < -0.4 is 9.47 Å². The number of rotatable bonds is 11. The van der Waals surface area contributed by atoms with E-state index in [0.29, 0.717) is 22.8 Å². The lowest BCUT2D eigenvalue weighted by Gasteiger charge is -2.26. The second-order valence-electron chi connectivity index (χ2n) is 9.13. The van der Waals surface area contributed by atoms with E-state index in [9.17, 15) is 14.7 Å². The van der Waals surface area contributed by atoms with Crippen molar-refractivity contribution in [2.24, 2.45) is 0 Å². The highest BCUT2D eigenvalue weighted by Gasteiger charge is 2.33. The van der Waals surface area contributed by atoms with Gasteiger partial charge in [-0.3, -0.25) is 9.59 Å². The molecule has 1 N–H and O–H groups in total. The highest BCUT2D eigenvalue weighted by atomic mass is 35.5. The molecule has 4 rings (SSSR count). The number of esters is 1. The SMILES string of the molecule is CCCCCCCCOc1ccc([C@@H]2CC(=O)Oc3ccc(C(=O)c4ccc(Cl)cc4)c(O)c32)cc1. The Kier molecular flexibility index (Phi) is 8.65. The van der Waals surface area contributed by atoms with Crippen LogP contribution in [0.5, 0.6) is 17.2 Å². The minimum atomic E-state index is -0.438. The number of unbranched alkanes of at least 4 members (excludes halogenated alkanes) is 5. The van der Waals surface area contributed by atoms with Gasteiger partial charge in [-0.25, -0.2) is 0 Å². The van der Waals surface area contributed by atoms with Crippen molar-refractivity contribution in [2.45, 2.75) is 57.8 Å². The van der Waals surface area contributed by atoms with Gasteiger partial charge in [0.05, 0.1) is 18.6 Å². The van der Waals surface area contributed by atoms with Crippen LogP contribution in [0, 0.1) is 0 Å². The summed E-state index contributed by atoms with van der Waals surface area (Å²) in [5.41, 5.74) is 1.84. The van der Waals surface area contributed by atoms with Crippen molar-refractivity contribution in [2.75, 3.05) is 6.61 Å². The molecule has 0 fully saturated rings. The maximum absolute atomic E-state index is 13.1. The van der Waals surface area contributed by atoms with Gasteiger partial charge >= 0.3 is 5.97 Å². The first-order valence-corrected chi connectivity index (χ1v) is 12.9. The van der Waals surface area contributed by atoms with Gasteiger partial charge in [-0.1, -0.05) is 62.8 Å². The van der Waals surface area contributed by atoms with Crippen LogP contribution in [0.15, 0.2) is 60.7 Å². The average molecular weight is 507 g/mol. The number of carbonyl (C=O) groups excluding carboxylic acids is 2. The van der Waals surface area contributed by atoms with Crippen LogP contribution in [0.2, 0.25) is 5.02 Å². The Bertz CT molecular complexity index is 1200. The number of phenolic OH excluding ortho intramolecular Hbond substituents is 1. The van der Waals surface area contributed by atoms with Gasteiger partial charge in [0.1, 0.15) is 17.2 Å². The number of phenols is 1. The van der Waals surface area contributed by atoms with E-state index in [2.05, 4.69) is 6.92 Å². The normalized spacial score (nSPS) is 14.7. The standard InChI is InChI=1S/C30H31ClO5/c1-2-3-4-5-6-7-18-35-23-14-10-20(11-15-23)25-19-27(32)36-26-17-16-24(30(34)28(25)26)29(33)21-8-12-22(31)13-9-21/h8-17,25,34H,2-7,18-19H2,1H3/t25-/m0/s1. The van der Waals surface area contributed by atoms with Crippen molar-refractivity contribution in [3.05, 3.63) is 87.9 Å². The summed E-state index contributed by atoms with van der Waals surface area (Å²) in [6.45, 7) is 2.88. The Morgan fingerprint density at radius 2 is 1.67 bits per heavy atom. The van der Waals surface area contributed by atoms with Crippen LogP contribution in [-0.2, 0) is 4.79 Å². The van der Waals surface area contributed by atoms with E-state index in [1.807, 2.05) is 24.3 Å². The Balaban J connectivity index is 1.51. The maximum atomic E-state index is 13.1. The van der Waals surface area contributed by atoms with Gasteiger partial charge < -0.3 is 14.6 Å². The smallest absolute Gasteiger partial charge is 0.312 e. The van der Waals surface area contributed by atoms with E-state index in [1.165, 1.54) is 31.7 Å². The van der Waals surface area contributed by atoms with Crippen LogP contribution in [0.25, 0.3) is 0 Å². The van der Waals surface area contributed by atoms with Crippen LogP contribution >= 0.6 is 11.6 Å². The van der Waals surface area contributed by atoms with E-state index in [0.717, 1.165) is 24.2 Å². The number of aromatic hydroxyl groups is 1. The monoisotopic (exact) mass is 506 g/mol. The first-order valence-electron chi connectivity index (χ1n) is 12.6. The molecule has 3 aromatic carbocycles. The minimum absolute atomic E-state index is 0.0666. The molecule has 36 heavy (non-hydrogen) atoms. The second-order valence-corrected chi connectivity index (χ2v) is 9.56. The summed E-state index contributed by atoms with van der Waals surface area (Å²) >= 11 is 5.94. The van der Waals surface area contributed by atoms with E-state index in [1.54, 1.807) is 30.3 Å². The highest BCUT2D eigenvalue weighted by Crippen LogP contribution is 2.45. The van der Waals surface area contributed by atoms with Gasteiger partial charge in [0, 0.05) is 22.1 Å². The number of ketones is 1. The number of halogens is 1. The number of carbonyl (C=O) groups is 2. The minimum Gasteiger partial charge on any atom is -0.507 e. The molecule has 1 atom stereocenters. The molecule has 0 bridgehead atoms. The lowest BCUT2D eigenvalue weighted by molar-refractivity contribution is -0.135. The molecule has 0 saturated heterocycles. The van der Waals surface area contributed by atoms with E-state index in [4.69, 9.17) is 21.1 Å². The van der Waals surface area contributed by atoms with E-state index >= 15 is 0 Å². The van der Waals surface area contributed by atoms with E-state index < -0.39 is 5.92 Å². The fourth-order valence-corrected chi connectivity index (χ4v) is 4.67. The molecule has 0 aromatic heterocycles. The molecule has 1 aliphatic rings. The Morgan fingerprint density at radius 3 is 2.39 bits per heavy atom. The Hall–Kier alpha value is -3.31. The van der Waals surface area contributed by atoms with Crippen LogP contribution in [0.4, 0.5) is 0 Å². The summed E-state index contributed by atoms with van der Waals surface area (Å²) in [5, 5.41) is 11.7. The van der Waals surface area contributed by atoms with Gasteiger partial charge in [-0.2, -0.15) is 0 Å². The van der Waals surface area contributed by atoms with E-state index in [-0.39, 0.29) is 35.2 Å². The molecule has 0 amide bonds. The molecule has 0 radical (unpaired) electrons. The first-order chi connectivity index (χ1) is 17.5. The zero-order valence-electron chi connectivity index (χ0n) is 20.5. The fraction of sp³-hybridized carbons (Fsp3) is 0.333. The quantitative estimate of drug-likeness (QED) is 0.126. The summed E-state index contributed by atoms with van der Waals surface area (Å²) in [5.74, 6) is -0.292. The largest absolute Gasteiger partial charge is 0.507 e. The molecule has 188 valence electrons.